The van der Waals surface area contributed by atoms with E-state index in [0.29, 0.717) is 18.6 Å². The summed E-state index contributed by atoms with van der Waals surface area (Å²) in [6.07, 6.45) is 6.68. The molecule has 116 valence electrons. The van der Waals surface area contributed by atoms with Gasteiger partial charge in [-0.3, -0.25) is 4.79 Å². The predicted molar refractivity (Wildman–Crippen MR) is 81.6 cm³/mol. The van der Waals surface area contributed by atoms with E-state index < -0.39 is 0 Å². The zero-order valence-electron chi connectivity index (χ0n) is 13.5. The second-order valence-electron chi connectivity index (χ2n) is 6.10. The van der Waals surface area contributed by atoms with Gasteiger partial charge < -0.3 is 9.59 Å². The summed E-state index contributed by atoms with van der Waals surface area (Å²) >= 11 is 0. The van der Waals surface area contributed by atoms with E-state index in [4.69, 9.17) is 0 Å². The monoisotopic (exact) mass is 282 g/mol. The average molecular weight is 282 g/mol. The number of Topliss-reactive ketones (excluding diaryl/α,β-unsaturated/α-hetero) is 3. The van der Waals surface area contributed by atoms with Crippen molar-refractivity contribution in [3.63, 3.8) is 0 Å². The molecule has 0 fully saturated rings. The van der Waals surface area contributed by atoms with E-state index in [2.05, 4.69) is 0 Å². The van der Waals surface area contributed by atoms with Crippen LogP contribution in [0.3, 0.4) is 0 Å². The van der Waals surface area contributed by atoms with Crippen molar-refractivity contribution in [2.75, 3.05) is 0 Å². The van der Waals surface area contributed by atoms with Crippen molar-refractivity contribution in [2.45, 2.75) is 79.1 Å². The first kappa shape index (κ1) is 19.0. The Balaban J connectivity index is 3.80. The van der Waals surface area contributed by atoms with E-state index >= 15 is 0 Å². The molecule has 0 aliphatic rings. The Kier molecular flexibility index (Phi) is 10.2. The van der Waals surface area contributed by atoms with Crippen LogP contribution in [0.15, 0.2) is 0 Å². The van der Waals surface area contributed by atoms with Crippen LogP contribution in [0, 0.1) is 11.8 Å². The molecule has 2 atom stereocenters. The molecule has 20 heavy (non-hydrogen) atoms. The third-order valence-corrected chi connectivity index (χ3v) is 3.80. The van der Waals surface area contributed by atoms with Crippen LogP contribution in [0.4, 0.5) is 0 Å². The smallest absolute Gasteiger partial charge is 0.138 e. The van der Waals surface area contributed by atoms with Crippen LogP contribution in [-0.2, 0) is 14.4 Å². The lowest BCUT2D eigenvalue weighted by molar-refractivity contribution is -0.126. The first-order valence-corrected chi connectivity index (χ1v) is 7.87. The molecular weight excluding hydrogens is 252 g/mol. The normalized spacial score (nSPS) is 13.8. The molecule has 0 N–H and O–H groups in total. The number of hydrogen-bond acceptors (Lipinski definition) is 3. The van der Waals surface area contributed by atoms with Crippen LogP contribution in [0.5, 0.6) is 0 Å². The second kappa shape index (κ2) is 10.8. The van der Waals surface area contributed by atoms with Gasteiger partial charge in [0.05, 0.1) is 0 Å². The van der Waals surface area contributed by atoms with Gasteiger partial charge in [-0.25, -0.2) is 0 Å². The predicted octanol–water partition coefficient (Wildman–Crippen LogP) is 4.13. The first-order chi connectivity index (χ1) is 9.34. The summed E-state index contributed by atoms with van der Waals surface area (Å²) in [7, 11) is 0. The molecule has 0 amide bonds. The van der Waals surface area contributed by atoms with Gasteiger partial charge in [0.1, 0.15) is 17.3 Å². The Bertz CT molecular complexity index is 290. The van der Waals surface area contributed by atoms with Gasteiger partial charge in [0, 0.05) is 24.7 Å². The minimum absolute atomic E-state index is 0.0877. The fourth-order valence-electron chi connectivity index (χ4n) is 2.42. The molecule has 0 aliphatic heterocycles. The van der Waals surface area contributed by atoms with E-state index in [9.17, 15) is 14.4 Å². The van der Waals surface area contributed by atoms with Crippen molar-refractivity contribution in [1.82, 2.24) is 0 Å². The van der Waals surface area contributed by atoms with Crippen LogP contribution in [0.2, 0.25) is 0 Å². The van der Waals surface area contributed by atoms with Gasteiger partial charge in [0.15, 0.2) is 0 Å². The lowest BCUT2D eigenvalue weighted by Gasteiger charge is -2.16. The summed E-state index contributed by atoms with van der Waals surface area (Å²) in [5.41, 5.74) is 0. The van der Waals surface area contributed by atoms with E-state index in [-0.39, 0.29) is 23.4 Å². The molecule has 0 radical (unpaired) electrons. The average Bonchev–Trinajstić information content (AvgIpc) is 2.37. The Labute approximate surface area is 123 Å². The maximum Gasteiger partial charge on any atom is 0.138 e. The number of unbranched alkanes of at least 4 members (excludes halogenated alkanes) is 2. The topological polar surface area (TPSA) is 51.2 Å². The van der Waals surface area contributed by atoms with Crippen molar-refractivity contribution in [3.05, 3.63) is 0 Å². The van der Waals surface area contributed by atoms with Gasteiger partial charge >= 0.3 is 0 Å². The first-order valence-electron chi connectivity index (χ1n) is 7.87. The van der Waals surface area contributed by atoms with Crippen LogP contribution >= 0.6 is 0 Å². The minimum Gasteiger partial charge on any atom is -0.300 e. The standard InChI is InChI=1S/C17H30O3/c1-13(9-5-7-11-15(3)18)17(20)14(2)10-6-8-12-16(4)19/h13-14H,5-12H2,1-4H3. The molecule has 3 nitrogen and oxygen atoms in total. The molecule has 0 saturated carbocycles. The zero-order chi connectivity index (χ0) is 15.5. The molecule has 0 rings (SSSR count). The summed E-state index contributed by atoms with van der Waals surface area (Å²) < 4.78 is 0. The molecule has 0 bridgehead atoms. The fourth-order valence-corrected chi connectivity index (χ4v) is 2.42. The second-order valence-corrected chi connectivity index (χ2v) is 6.10. The molecule has 0 aliphatic carbocycles. The van der Waals surface area contributed by atoms with E-state index in [1.54, 1.807) is 13.8 Å². The van der Waals surface area contributed by atoms with Crippen molar-refractivity contribution in [3.8, 4) is 0 Å². The lowest BCUT2D eigenvalue weighted by atomic mass is 9.88. The number of hydrogen-bond donors (Lipinski definition) is 0. The van der Waals surface area contributed by atoms with Crippen molar-refractivity contribution in [1.29, 1.82) is 0 Å². The highest BCUT2D eigenvalue weighted by Gasteiger charge is 2.19. The van der Waals surface area contributed by atoms with Gasteiger partial charge in [-0.05, 0) is 39.5 Å². The summed E-state index contributed by atoms with van der Waals surface area (Å²) in [5, 5.41) is 0. The molecule has 2 unspecified atom stereocenters. The number of carbonyl (C=O) groups is 3. The van der Waals surface area contributed by atoms with E-state index in [0.717, 1.165) is 38.5 Å². The number of carbonyl (C=O) groups excluding carboxylic acids is 3. The lowest BCUT2D eigenvalue weighted by Crippen LogP contribution is -2.19. The summed E-state index contributed by atoms with van der Waals surface area (Å²) in [6, 6.07) is 0. The third kappa shape index (κ3) is 9.88. The van der Waals surface area contributed by atoms with Crippen molar-refractivity contribution in [2.24, 2.45) is 11.8 Å². The maximum atomic E-state index is 12.2. The minimum atomic E-state index is 0.0877. The summed E-state index contributed by atoms with van der Waals surface area (Å²) in [4.78, 5) is 33.8. The van der Waals surface area contributed by atoms with Gasteiger partial charge in [-0.2, -0.15) is 0 Å². The van der Waals surface area contributed by atoms with Gasteiger partial charge in [0.25, 0.3) is 0 Å². The molecule has 0 aromatic carbocycles. The highest BCUT2D eigenvalue weighted by atomic mass is 16.1. The van der Waals surface area contributed by atoms with Gasteiger partial charge in [-0.1, -0.05) is 26.7 Å². The zero-order valence-corrected chi connectivity index (χ0v) is 13.5. The SMILES string of the molecule is CC(=O)CCCCC(C)C(=O)C(C)CCCCC(C)=O. The molecule has 0 aromatic rings. The van der Waals surface area contributed by atoms with E-state index in [1.807, 2.05) is 13.8 Å². The largest absolute Gasteiger partial charge is 0.300 e. The van der Waals surface area contributed by atoms with Crippen LogP contribution < -0.4 is 0 Å². The van der Waals surface area contributed by atoms with Gasteiger partial charge in [-0.15, -0.1) is 0 Å². The Morgan fingerprint density at radius 3 is 1.35 bits per heavy atom. The van der Waals surface area contributed by atoms with Crippen LogP contribution in [0.25, 0.3) is 0 Å². The van der Waals surface area contributed by atoms with Crippen LogP contribution in [0.1, 0.15) is 79.1 Å². The number of rotatable bonds is 12. The van der Waals surface area contributed by atoms with Crippen molar-refractivity contribution < 1.29 is 14.4 Å². The summed E-state index contributed by atoms with van der Waals surface area (Å²) in [5.74, 6) is 0.954. The Hall–Kier alpha value is -0.990. The third-order valence-electron chi connectivity index (χ3n) is 3.80. The van der Waals surface area contributed by atoms with Gasteiger partial charge in [0.2, 0.25) is 0 Å². The summed E-state index contributed by atoms with van der Waals surface area (Å²) in [6.45, 7) is 7.19. The maximum absolute atomic E-state index is 12.2. The quantitative estimate of drug-likeness (QED) is 0.506. The highest BCUT2D eigenvalue weighted by molar-refractivity contribution is 5.82. The molecule has 0 spiro atoms. The highest BCUT2D eigenvalue weighted by Crippen LogP contribution is 2.19. The molecule has 3 heteroatoms. The Morgan fingerprint density at radius 2 is 1.05 bits per heavy atom. The molecule has 0 aromatic heterocycles. The molecular formula is C17H30O3. The fraction of sp³-hybridized carbons (Fsp3) is 0.824. The van der Waals surface area contributed by atoms with E-state index in [1.165, 1.54) is 0 Å². The number of ketones is 3. The van der Waals surface area contributed by atoms with Crippen LogP contribution in [-0.4, -0.2) is 17.3 Å². The molecule has 0 heterocycles. The molecule has 0 saturated heterocycles. The Morgan fingerprint density at radius 1 is 0.700 bits per heavy atom. The van der Waals surface area contributed by atoms with Crippen molar-refractivity contribution >= 4 is 17.3 Å².